The number of carbonyl (C=O) groups is 1. The lowest BCUT2D eigenvalue weighted by atomic mass is 10.1. The highest BCUT2D eigenvalue weighted by atomic mass is 32.2. The predicted octanol–water partition coefficient (Wildman–Crippen LogP) is 1.69. The van der Waals surface area contributed by atoms with E-state index in [2.05, 4.69) is 21.6 Å². The molecule has 1 saturated heterocycles. The summed E-state index contributed by atoms with van der Waals surface area (Å²) in [5.41, 5.74) is 0.565. The van der Waals surface area contributed by atoms with Crippen LogP contribution in [0.2, 0.25) is 0 Å². The zero-order chi connectivity index (χ0) is 18.4. The molecule has 9 heteroatoms. The monoisotopic (exact) mass is 374 g/mol. The fourth-order valence-electron chi connectivity index (χ4n) is 2.49. The number of amides is 1. The van der Waals surface area contributed by atoms with Crippen molar-refractivity contribution in [3.05, 3.63) is 35.7 Å². The van der Waals surface area contributed by atoms with Gasteiger partial charge in [-0.15, -0.1) is 10.2 Å². The van der Waals surface area contributed by atoms with Gasteiger partial charge in [0.05, 0.1) is 30.0 Å². The molecule has 1 aromatic heterocycles. The van der Waals surface area contributed by atoms with Crippen molar-refractivity contribution in [2.24, 2.45) is 0 Å². The maximum absolute atomic E-state index is 12.2. The number of hydrogen-bond acceptors (Lipinski definition) is 8. The molecule has 2 atom stereocenters. The number of ether oxygens (including phenoxy) is 2. The molecule has 1 N–H and O–H groups in total. The molecule has 0 aliphatic carbocycles. The highest BCUT2D eigenvalue weighted by Crippen LogP contribution is 2.19. The third-order valence-corrected chi connectivity index (χ3v) is 4.57. The third kappa shape index (κ3) is 4.97. The van der Waals surface area contributed by atoms with E-state index in [-0.39, 0.29) is 23.8 Å². The van der Waals surface area contributed by atoms with Gasteiger partial charge in [0.1, 0.15) is 11.9 Å². The number of benzene rings is 1. The molecule has 26 heavy (non-hydrogen) atoms. The Morgan fingerprint density at radius 1 is 1.42 bits per heavy atom. The summed E-state index contributed by atoms with van der Waals surface area (Å²) in [6.45, 7) is 2.65. The molecule has 136 valence electrons. The van der Waals surface area contributed by atoms with Crippen molar-refractivity contribution in [3.8, 4) is 11.8 Å². The van der Waals surface area contributed by atoms with Crippen LogP contribution in [0, 0.1) is 18.3 Å². The van der Waals surface area contributed by atoms with Crippen molar-refractivity contribution >= 4 is 17.7 Å². The number of rotatable bonds is 6. The van der Waals surface area contributed by atoms with Crippen LogP contribution < -0.4 is 10.1 Å². The van der Waals surface area contributed by atoms with Gasteiger partial charge in [-0.05, 0) is 30.7 Å². The van der Waals surface area contributed by atoms with Crippen molar-refractivity contribution in [2.75, 3.05) is 19.0 Å². The molecule has 1 aromatic carbocycles. The quantitative estimate of drug-likeness (QED) is 0.761. The van der Waals surface area contributed by atoms with Crippen LogP contribution in [0.5, 0.6) is 5.75 Å². The summed E-state index contributed by atoms with van der Waals surface area (Å²) in [7, 11) is 0. The first kappa shape index (κ1) is 18.2. The summed E-state index contributed by atoms with van der Waals surface area (Å²) in [4.78, 5) is 12.2. The van der Waals surface area contributed by atoms with Crippen LogP contribution in [0.3, 0.4) is 0 Å². The maximum Gasteiger partial charge on any atom is 0.277 e. The van der Waals surface area contributed by atoms with E-state index in [1.54, 1.807) is 31.2 Å². The maximum atomic E-state index is 12.2. The number of nitriles is 1. The molecule has 0 bridgehead atoms. The molecule has 2 aromatic rings. The molecule has 0 saturated carbocycles. The Morgan fingerprint density at radius 2 is 2.23 bits per heavy atom. The van der Waals surface area contributed by atoms with Gasteiger partial charge >= 0.3 is 0 Å². The minimum Gasteiger partial charge on any atom is -0.486 e. The van der Waals surface area contributed by atoms with Crippen LogP contribution in [0.1, 0.15) is 17.9 Å². The van der Waals surface area contributed by atoms with Gasteiger partial charge in [0.15, 0.2) is 0 Å². The molecule has 1 aliphatic rings. The lowest BCUT2D eigenvalue weighted by molar-refractivity contribution is -0.121. The molecule has 0 radical (unpaired) electrons. The Hall–Kier alpha value is -2.57. The van der Waals surface area contributed by atoms with E-state index in [9.17, 15) is 4.79 Å². The van der Waals surface area contributed by atoms with E-state index in [1.807, 2.05) is 0 Å². The minimum absolute atomic E-state index is 0.133. The lowest BCUT2D eigenvalue weighted by Crippen LogP contribution is -2.51. The molecule has 1 fully saturated rings. The molecule has 1 aliphatic heterocycles. The molecular weight excluding hydrogens is 356 g/mol. The number of aryl methyl sites for hydroxylation is 1. The van der Waals surface area contributed by atoms with Gasteiger partial charge in [-0.1, -0.05) is 11.8 Å². The highest BCUT2D eigenvalue weighted by Gasteiger charge is 2.29. The van der Waals surface area contributed by atoms with Crippen LogP contribution >= 0.6 is 11.8 Å². The van der Waals surface area contributed by atoms with E-state index in [1.165, 1.54) is 11.8 Å². The smallest absolute Gasteiger partial charge is 0.277 e. The number of hydrogen-bond donors (Lipinski definition) is 1. The van der Waals surface area contributed by atoms with E-state index in [0.717, 1.165) is 0 Å². The van der Waals surface area contributed by atoms with Crippen molar-refractivity contribution in [1.29, 1.82) is 5.26 Å². The van der Waals surface area contributed by atoms with Crippen LogP contribution in [0.15, 0.2) is 33.9 Å². The van der Waals surface area contributed by atoms with E-state index in [4.69, 9.17) is 19.2 Å². The first-order chi connectivity index (χ1) is 12.6. The van der Waals surface area contributed by atoms with Crippen LogP contribution in [-0.4, -0.2) is 47.2 Å². The van der Waals surface area contributed by atoms with Gasteiger partial charge in [-0.3, -0.25) is 4.79 Å². The van der Waals surface area contributed by atoms with Crippen molar-refractivity contribution < 1.29 is 18.7 Å². The van der Waals surface area contributed by atoms with E-state index in [0.29, 0.717) is 42.1 Å². The van der Waals surface area contributed by atoms with Crippen molar-refractivity contribution in [1.82, 2.24) is 15.5 Å². The Labute approximate surface area is 154 Å². The van der Waals surface area contributed by atoms with Crippen molar-refractivity contribution in [2.45, 2.75) is 30.7 Å². The zero-order valence-electron chi connectivity index (χ0n) is 14.2. The van der Waals surface area contributed by atoms with Gasteiger partial charge in [0.25, 0.3) is 5.22 Å². The SMILES string of the molecule is Cc1nnc(SCC(=O)N[C@@H]2CCOC[C@H]2Oc2ccc(C#N)cc2)o1. The number of nitrogens with one attached hydrogen (secondary N) is 1. The second-order valence-electron chi connectivity index (χ2n) is 5.71. The average molecular weight is 374 g/mol. The third-order valence-electron chi connectivity index (χ3n) is 3.76. The van der Waals surface area contributed by atoms with E-state index < -0.39 is 0 Å². The first-order valence-corrected chi connectivity index (χ1v) is 9.09. The predicted molar refractivity (Wildman–Crippen MR) is 92.7 cm³/mol. The number of aromatic nitrogens is 2. The largest absolute Gasteiger partial charge is 0.486 e. The fourth-order valence-corrected chi connectivity index (χ4v) is 3.10. The minimum atomic E-state index is -0.295. The molecule has 1 amide bonds. The molecule has 2 heterocycles. The average Bonchev–Trinajstić information content (AvgIpc) is 3.08. The van der Waals surface area contributed by atoms with Crippen LogP contribution in [0.4, 0.5) is 0 Å². The van der Waals surface area contributed by atoms with Gasteiger partial charge in [0.2, 0.25) is 11.8 Å². The first-order valence-electron chi connectivity index (χ1n) is 8.11. The van der Waals surface area contributed by atoms with Crippen molar-refractivity contribution in [3.63, 3.8) is 0 Å². The Bertz CT molecular complexity index is 787. The Kier molecular flexibility index (Phi) is 6.09. The standard InChI is InChI=1S/C17H18N4O4S/c1-11-20-21-17(24-11)26-10-16(22)19-14-6-7-23-9-15(14)25-13-4-2-12(8-18)3-5-13/h2-5,14-15H,6-7,9-10H2,1H3,(H,19,22)/t14-,15-/m1/s1. The topological polar surface area (TPSA) is 110 Å². The Balaban J connectivity index is 1.54. The van der Waals surface area contributed by atoms with Gasteiger partial charge < -0.3 is 19.2 Å². The molecule has 0 spiro atoms. The summed E-state index contributed by atoms with van der Waals surface area (Å²) in [6.07, 6.45) is 0.369. The lowest BCUT2D eigenvalue weighted by Gasteiger charge is -2.32. The van der Waals surface area contributed by atoms with Gasteiger partial charge in [-0.2, -0.15) is 5.26 Å². The highest BCUT2D eigenvalue weighted by molar-refractivity contribution is 7.99. The summed E-state index contributed by atoms with van der Waals surface area (Å²) in [5, 5.41) is 19.8. The van der Waals surface area contributed by atoms with Crippen LogP contribution in [0.25, 0.3) is 0 Å². The summed E-state index contributed by atoms with van der Waals surface area (Å²) < 4.78 is 16.6. The fraction of sp³-hybridized carbons (Fsp3) is 0.412. The second kappa shape index (κ2) is 8.69. The second-order valence-corrected chi connectivity index (χ2v) is 6.63. The van der Waals surface area contributed by atoms with Crippen LogP contribution in [-0.2, 0) is 9.53 Å². The number of carbonyl (C=O) groups excluding carboxylic acids is 1. The Morgan fingerprint density at radius 3 is 2.92 bits per heavy atom. The van der Waals surface area contributed by atoms with Gasteiger partial charge in [-0.25, -0.2) is 0 Å². The normalized spacial score (nSPS) is 19.5. The summed E-state index contributed by atoms with van der Waals surface area (Å²) in [6, 6.07) is 8.76. The molecular formula is C17H18N4O4S. The number of thioether (sulfide) groups is 1. The summed E-state index contributed by atoms with van der Waals surface area (Å²) in [5.74, 6) is 1.15. The zero-order valence-corrected chi connectivity index (χ0v) is 15.0. The summed E-state index contributed by atoms with van der Waals surface area (Å²) >= 11 is 1.19. The van der Waals surface area contributed by atoms with E-state index >= 15 is 0 Å². The molecule has 0 unspecified atom stereocenters. The molecule has 8 nitrogen and oxygen atoms in total. The molecule has 3 rings (SSSR count). The number of nitrogens with zero attached hydrogens (tertiary/aromatic N) is 3. The van der Waals surface area contributed by atoms with Gasteiger partial charge in [0, 0.05) is 13.5 Å².